The highest BCUT2D eigenvalue weighted by molar-refractivity contribution is 6.32. The predicted octanol–water partition coefficient (Wildman–Crippen LogP) is 4.54. The number of ether oxygens (including phenoxy) is 1. The number of rotatable bonds is 8. The third-order valence-corrected chi connectivity index (χ3v) is 6.53. The van der Waals surface area contributed by atoms with Crippen LogP contribution in [-0.4, -0.2) is 52.9 Å². The lowest BCUT2D eigenvalue weighted by molar-refractivity contribution is -0.142. The van der Waals surface area contributed by atoms with Crippen molar-refractivity contribution in [1.29, 1.82) is 0 Å². The zero-order chi connectivity index (χ0) is 22.5. The first-order chi connectivity index (χ1) is 15.5. The Hall–Kier alpha value is -2.58. The number of nitrogens with one attached hydrogen (secondary N) is 2. The Balaban J connectivity index is 1.39. The molecule has 0 spiro atoms. The molecule has 2 fully saturated rings. The summed E-state index contributed by atoms with van der Waals surface area (Å²) in [5, 5.41) is 16.3. The number of carboxylic acids is 1. The molecule has 32 heavy (non-hydrogen) atoms. The van der Waals surface area contributed by atoms with Gasteiger partial charge in [0.2, 0.25) is 5.95 Å². The molecule has 8 nitrogen and oxygen atoms in total. The first-order valence-corrected chi connectivity index (χ1v) is 11.7. The Labute approximate surface area is 193 Å². The summed E-state index contributed by atoms with van der Waals surface area (Å²) in [5.41, 5.74) is 1.97. The van der Waals surface area contributed by atoms with Crippen molar-refractivity contribution in [2.75, 3.05) is 35.2 Å². The minimum Gasteiger partial charge on any atom is -0.481 e. The molecule has 2 unspecified atom stereocenters. The molecule has 2 aromatic rings. The highest BCUT2D eigenvalue weighted by atomic mass is 35.5. The van der Waals surface area contributed by atoms with Crippen molar-refractivity contribution in [3.63, 3.8) is 0 Å². The minimum atomic E-state index is -0.685. The lowest BCUT2D eigenvalue weighted by Crippen LogP contribution is -2.44. The molecule has 1 aromatic carbocycles. The fourth-order valence-electron chi connectivity index (χ4n) is 4.43. The lowest BCUT2D eigenvalue weighted by atomic mass is 9.89. The number of nitrogens with zero attached hydrogens (tertiary/aromatic N) is 3. The molecule has 3 heterocycles. The second-order valence-corrected chi connectivity index (χ2v) is 8.80. The Morgan fingerprint density at radius 1 is 1.31 bits per heavy atom. The topological polar surface area (TPSA) is 99.6 Å². The van der Waals surface area contributed by atoms with E-state index in [1.165, 1.54) is 0 Å². The van der Waals surface area contributed by atoms with Gasteiger partial charge in [-0.3, -0.25) is 4.79 Å². The van der Waals surface area contributed by atoms with E-state index in [1.807, 2.05) is 12.1 Å². The van der Waals surface area contributed by atoms with Crippen LogP contribution < -0.4 is 15.5 Å². The van der Waals surface area contributed by atoms with Crippen LogP contribution in [0.5, 0.6) is 0 Å². The van der Waals surface area contributed by atoms with Crippen molar-refractivity contribution >= 4 is 40.7 Å². The largest absolute Gasteiger partial charge is 0.481 e. The normalized spacial score (nSPS) is 23.2. The maximum absolute atomic E-state index is 11.4. The van der Waals surface area contributed by atoms with E-state index in [1.54, 1.807) is 6.20 Å². The van der Waals surface area contributed by atoms with Crippen LogP contribution in [-0.2, 0) is 9.53 Å². The maximum atomic E-state index is 11.4. The van der Waals surface area contributed by atoms with Crippen LogP contribution in [0.3, 0.4) is 0 Å². The van der Waals surface area contributed by atoms with Crippen LogP contribution >= 0.6 is 11.6 Å². The van der Waals surface area contributed by atoms with E-state index in [-0.39, 0.29) is 18.1 Å². The van der Waals surface area contributed by atoms with Gasteiger partial charge in [0.25, 0.3) is 0 Å². The van der Waals surface area contributed by atoms with E-state index in [4.69, 9.17) is 16.3 Å². The molecule has 2 aliphatic heterocycles. The first kappa shape index (κ1) is 22.6. The predicted molar refractivity (Wildman–Crippen MR) is 126 cm³/mol. The zero-order valence-electron chi connectivity index (χ0n) is 18.3. The zero-order valence-corrected chi connectivity index (χ0v) is 19.0. The van der Waals surface area contributed by atoms with Gasteiger partial charge < -0.3 is 25.4 Å². The molecular weight excluding hydrogens is 430 g/mol. The van der Waals surface area contributed by atoms with Crippen molar-refractivity contribution in [1.82, 2.24) is 9.97 Å². The van der Waals surface area contributed by atoms with Crippen LogP contribution in [0.1, 0.15) is 39.0 Å². The monoisotopic (exact) mass is 459 g/mol. The SMILES string of the molecule is CC[C@H]1CC(C(=O)O)CCN1c1ccc(Nc2ncc(Cl)c(NCC3CCCO3)n2)cc1. The summed E-state index contributed by atoms with van der Waals surface area (Å²) in [6, 6.07) is 8.32. The van der Waals surface area contributed by atoms with Gasteiger partial charge in [-0.05, 0) is 56.4 Å². The van der Waals surface area contributed by atoms with Gasteiger partial charge in [-0.25, -0.2) is 4.98 Å². The van der Waals surface area contributed by atoms with Crippen molar-refractivity contribution in [2.24, 2.45) is 5.92 Å². The average Bonchev–Trinajstić information content (AvgIpc) is 3.33. The van der Waals surface area contributed by atoms with Gasteiger partial charge >= 0.3 is 5.97 Å². The van der Waals surface area contributed by atoms with Crippen molar-refractivity contribution in [3.05, 3.63) is 35.5 Å². The number of aliphatic carboxylic acids is 1. The molecule has 1 aromatic heterocycles. The number of halogens is 1. The molecule has 3 N–H and O–H groups in total. The number of aromatic nitrogens is 2. The summed E-state index contributed by atoms with van der Waals surface area (Å²) < 4.78 is 5.64. The van der Waals surface area contributed by atoms with Crippen LogP contribution in [0.15, 0.2) is 30.5 Å². The Morgan fingerprint density at radius 3 is 2.81 bits per heavy atom. The molecule has 9 heteroatoms. The molecule has 3 atom stereocenters. The van der Waals surface area contributed by atoms with Crippen molar-refractivity contribution < 1.29 is 14.6 Å². The minimum absolute atomic E-state index is 0.192. The average molecular weight is 460 g/mol. The molecule has 0 bridgehead atoms. The quantitative estimate of drug-likeness (QED) is 0.529. The summed E-state index contributed by atoms with van der Waals surface area (Å²) in [5.74, 6) is 0.117. The molecule has 4 rings (SSSR count). The number of piperidine rings is 1. The number of benzene rings is 1. The molecule has 172 valence electrons. The van der Waals surface area contributed by atoms with Gasteiger partial charge in [0, 0.05) is 37.1 Å². The van der Waals surface area contributed by atoms with Gasteiger partial charge in [-0.2, -0.15) is 4.98 Å². The van der Waals surface area contributed by atoms with E-state index >= 15 is 0 Å². The third kappa shape index (κ3) is 5.42. The maximum Gasteiger partial charge on any atom is 0.306 e. The number of hydrogen-bond donors (Lipinski definition) is 3. The highest BCUT2D eigenvalue weighted by Gasteiger charge is 2.31. The second-order valence-electron chi connectivity index (χ2n) is 8.39. The Kier molecular flexibility index (Phi) is 7.32. The molecule has 2 saturated heterocycles. The van der Waals surface area contributed by atoms with Gasteiger partial charge in [0.15, 0.2) is 5.82 Å². The summed E-state index contributed by atoms with van der Waals surface area (Å²) in [6.45, 7) is 4.34. The van der Waals surface area contributed by atoms with Crippen molar-refractivity contribution in [3.8, 4) is 0 Å². The number of hydrogen-bond acceptors (Lipinski definition) is 7. The van der Waals surface area contributed by atoms with E-state index in [0.29, 0.717) is 36.2 Å². The fraction of sp³-hybridized carbons (Fsp3) is 0.522. The number of carboxylic acid groups (broad SMARTS) is 1. The van der Waals surface area contributed by atoms with E-state index in [9.17, 15) is 9.90 Å². The Morgan fingerprint density at radius 2 is 2.12 bits per heavy atom. The molecule has 0 amide bonds. The molecule has 0 radical (unpaired) electrons. The fourth-order valence-corrected chi connectivity index (χ4v) is 4.59. The molecule has 2 aliphatic rings. The highest BCUT2D eigenvalue weighted by Crippen LogP contribution is 2.31. The summed E-state index contributed by atoms with van der Waals surface area (Å²) >= 11 is 6.25. The number of anilines is 4. The van der Waals surface area contributed by atoms with Gasteiger partial charge in [0.05, 0.1) is 18.2 Å². The van der Waals surface area contributed by atoms with E-state index in [2.05, 4.69) is 44.6 Å². The summed E-state index contributed by atoms with van der Waals surface area (Å²) in [6.07, 6.45) is 6.19. The van der Waals surface area contributed by atoms with Crippen LogP contribution in [0.25, 0.3) is 0 Å². The van der Waals surface area contributed by atoms with E-state index in [0.717, 1.165) is 43.8 Å². The first-order valence-electron chi connectivity index (χ1n) is 11.3. The summed E-state index contributed by atoms with van der Waals surface area (Å²) in [7, 11) is 0. The third-order valence-electron chi connectivity index (χ3n) is 6.26. The lowest BCUT2D eigenvalue weighted by Gasteiger charge is -2.39. The Bertz CT molecular complexity index is 920. The van der Waals surface area contributed by atoms with Crippen LogP contribution in [0.2, 0.25) is 5.02 Å². The van der Waals surface area contributed by atoms with Gasteiger partial charge in [-0.15, -0.1) is 0 Å². The number of carbonyl (C=O) groups is 1. The smallest absolute Gasteiger partial charge is 0.306 e. The molecule has 0 saturated carbocycles. The van der Waals surface area contributed by atoms with Crippen molar-refractivity contribution in [2.45, 2.75) is 51.2 Å². The summed E-state index contributed by atoms with van der Waals surface area (Å²) in [4.78, 5) is 22.5. The van der Waals surface area contributed by atoms with Gasteiger partial charge in [0.1, 0.15) is 5.02 Å². The van der Waals surface area contributed by atoms with Gasteiger partial charge in [-0.1, -0.05) is 18.5 Å². The second kappa shape index (κ2) is 10.4. The molecular formula is C23H30ClN5O3. The van der Waals surface area contributed by atoms with E-state index < -0.39 is 5.97 Å². The van der Waals surface area contributed by atoms with Crippen LogP contribution in [0, 0.1) is 5.92 Å². The standard InChI is InChI=1S/C23H30ClN5O3/c1-2-17-12-15(22(30)31)9-10-29(17)18-7-5-16(6-8-18)27-23-26-14-20(24)21(28-23)25-13-19-4-3-11-32-19/h5-8,14-15,17,19H,2-4,9-13H2,1H3,(H,30,31)(H2,25,26,27,28)/t15?,17-,19?/m0/s1. The molecule has 0 aliphatic carbocycles. The van der Waals surface area contributed by atoms with Crippen LogP contribution in [0.4, 0.5) is 23.1 Å².